The van der Waals surface area contributed by atoms with Crippen LogP contribution in [0.2, 0.25) is 0 Å². The van der Waals surface area contributed by atoms with Gasteiger partial charge < -0.3 is 5.11 Å². The molecule has 0 saturated heterocycles. The van der Waals surface area contributed by atoms with Crippen molar-refractivity contribution in [3.8, 4) is 5.75 Å². The van der Waals surface area contributed by atoms with E-state index in [0.29, 0.717) is 0 Å². The Morgan fingerprint density at radius 1 is 0.923 bits per heavy atom. The summed E-state index contributed by atoms with van der Waals surface area (Å²) in [7, 11) is 0. The van der Waals surface area contributed by atoms with Crippen molar-refractivity contribution < 1.29 is 18.3 Å². The number of rotatable bonds is 4. The summed E-state index contributed by atoms with van der Waals surface area (Å²) in [6.07, 6.45) is 8.08. The molecule has 1 N–H and O–H groups in total. The number of alkyl halides is 3. The van der Waals surface area contributed by atoms with Crippen molar-refractivity contribution in [3.05, 3.63) is 29.3 Å². The fourth-order valence-electron chi connectivity index (χ4n) is 5.32. The fraction of sp³-hybridized carbons (Fsp3) is 0.727. The first kappa shape index (κ1) is 19.6. The number of halogens is 3. The molecule has 0 radical (unpaired) electrons. The molecule has 26 heavy (non-hydrogen) atoms. The first-order valence-electron chi connectivity index (χ1n) is 10.3. The van der Waals surface area contributed by atoms with Crippen LogP contribution in [0.25, 0.3) is 0 Å². The molecule has 0 atom stereocenters. The van der Waals surface area contributed by atoms with Gasteiger partial charge in [-0.3, -0.25) is 0 Å². The minimum Gasteiger partial charge on any atom is -0.507 e. The molecular formula is C22H31F3O. The van der Waals surface area contributed by atoms with Crippen LogP contribution in [0.15, 0.2) is 18.2 Å². The normalized spacial score (nSPS) is 30.3. The molecule has 1 aromatic rings. The molecule has 0 heterocycles. The first-order chi connectivity index (χ1) is 12.4. The summed E-state index contributed by atoms with van der Waals surface area (Å²) in [5, 5.41) is 9.76. The Morgan fingerprint density at radius 3 is 2.00 bits per heavy atom. The molecule has 2 fully saturated rings. The molecule has 0 unspecified atom stereocenters. The minimum absolute atomic E-state index is 0.288. The Bertz CT molecular complexity index is 580. The van der Waals surface area contributed by atoms with E-state index in [9.17, 15) is 18.3 Å². The minimum atomic E-state index is -4.49. The molecule has 0 aromatic heterocycles. The zero-order valence-corrected chi connectivity index (χ0v) is 15.7. The lowest BCUT2D eigenvalue weighted by atomic mass is 9.68. The highest BCUT2D eigenvalue weighted by Gasteiger charge is 2.35. The molecule has 1 nitrogen and oxygen atoms in total. The van der Waals surface area contributed by atoms with Gasteiger partial charge in [0.25, 0.3) is 0 Å². The number of phenols is 1. The molecule has 146 valence electrons. The van der Waals surface area contributed by atoms with Gasteiger partial charge in [-0.05, 0) is 79.9 Å². The average molecular weight is 368 g/mol. The number of aromatic hydroxyl groups is 1. The highest BCUT2D eigenvalue weighted by molar-refractivity contribution is 5.39. The summed E-state index contributed by atoms with van der Waals surface area (Å²) in [4.78, 5) is 0. The molecular weight excluding hydrogens is 337 g/mol. The van der Waals surface area contributed by atoms with E-state index < -0.39 is 17.5 Å². The summed E-state index contributed by atoms with van der Waals surface area (Å²) >= 11 is 0. The molecule has 0 amide bonds. The average Bonchev–Trinajstić information content (AvgIpc) is 2.62. The smallest absolute Gasteiger partial charge is 0.419 e. The van der Waals surface area contributed by atoms with Gasteiger partial charge in [0.15, 0.2) is 0 Å². The van der Waals surface area contributed by atoms with E-state index in [1.54, 1.807) is 6.07 Å². The third-order valence-electron chi connectivity index (χ3n) is 6.83. The largest absolute Gasteiger partial charge is 0.507 e. The molecule has 2 aliphatic carbocycles. The summed E-state index contributed by atoms with van der Waals surface area (Å²) in [5.74, 6) is 2.23. The predicted molar refractivity (Wildman–Crippen MR) is 98.2 cm³/mol. The van der Waals surface area contributed by atoms with E-state index >= 15 is 0 Å². The van der Waals surface area contributed by atoms with Crippen molar-refractivity contribution >= 4 is 0 Å². The second kappa shape index (κ2) is 8.22. The SMILES string of the molecule is CCC[C@H]1CC[C@H](C2CCC(c3ccc(C(F)(F)F)c(O)c3)CC2)CC1. The molecule has 3 rings (SSSR count). The van der Waals surface area contributed by atoms with Gasteiger partial charge in [-0.2, -0.15) is 13.2 Å². The number of phenolic OH excluding ortho intramolecular Hbond substituents is 1. The van der Waals surface area contributed by atoms with Crippen molar-refractivity contribution in [3.63, 3.8) is 0 Å². The number of hydrogen-bond donors (Lipinski definition) is 1. The quantitative estimate of drug-likeness (QED) is 0.591. The van der Waals surface area contributed by atoms with Crippen molar-refractivity contribution in [1.82, 2.24) is 0 Å². The summed E-state index contributed by atoms with van der Waals surface area (Å²) in [5.41, 5.74) is -0.0700. The lowest BCUT2D eigenvalue weighted by molar-refractivity contribution is -0.138. The predicted octanol–water partition coefficient (Wildman–Crippen LogP) is 7.29. The molecule has 1 aromatic carbocycles. The van der Waals surface area contributed by atoms with Crippen LogP contribution in [-0.4, -0.2) is 5.11 Å². The van der Waals surface area contributed by atoms with Crippen LogP contribution in [0.5, 0.6) is 5.75 Å². The van der Waals surface area contributed by atoms with Crippen molar-refractivity contribution in [2.24, 2.45) is 17.8 Å². The molecule has 0 spiro atoms. The van der Waals surface area contributed by atoms with Gasteiger partial charge in [0.1, 0.15) is 5.75 Å². The second-order valence-corrected chi connectivity index (χ2v) is 8.46. The third-order valence-corrected chi connectivity index (χ3v) is 6.83. The van der Waals surface area contributed by atoms with E-state index in [4.69, 9.17) is 0 Å². The zero-order chi connectivity index (χ0) is 18.7. The van der Waals surface area contributed by atoms with Gasteiger partial charge in [-0.15, -0.1) is 0 Å². The fourth-order valence-corrected chi connectivity index (χ4v) is 5.32. The van der Waals surface area contributed by atoms with Gasteiger partial charge >= 0.3 is 6.18 Å². The first-order valence-corrected chi connectivity index (χ1v) is 10.3. The maximum atomic E-state index is 12.8. The van der Waals surface area contributed by atoms with Gasteiger partial charge in [0, 0.05) is 0 Å². The van der Waals surface area contributed by atoms with E-state index in [1.165, 1.54) is 57.4 Å². The lowest BCUT2D eigenvalue weighted by Gasteiger charge is -2.38. The van der Waals surface area contributed by atoms with Crippen LogP contribution in [0, 0.1) is 17.8 Å². The lowest BCUT2D eigenvalue weighted by Crippen LogP contribution is -2.25. The van der Waals surface area contributed by atoms with E-state index in [1.807, 2.05) is 0 Å². The summed E-state index contributed by atoms with van der Waals surface area (Å²) in [6, 6.07) is 3.93. The second-order valence-electron chi connectivity index (χ2n) is 8.46. The Hall–Kier alpha value is -1.19. The topological polar surface area (TPSA) is 20.2 Å². The Balaban J connectivity index is 1.53. The number of benzene rings is 1. The van der Waals surface area contributed by atoms with Crippen LogP contribution in [-0.2, 0) is 6.18 Å². The van der Waals surface area contributed by atoms with Crippen LogP contribution in [0.3, 0.4) is 0 Å². The standard InChI is InChI=1S/C22H31F3O/c1-2-3-15-4-6-16(7-5-15)17-8-10-18(11-9-17)19-12-13-20(21(26)14-19)22(23,24)25/h12-18,26H,2-11H2,1H3/t15-,16-,17?,18?. The summed E-state index contributed by atoms with van der Waals surface area (Å²) < 4.78 is 38.4. The Kier molecular flexibility index (Phi) is 6.19. The van der Waals surface area contributed by atoms with E-state index in [0.717, 1.165) is 42.2 Å². The third kappa shape index (κ3) is 4.55. The van der Waals surface area contributed by atoms with Crippen LogP contribution in [0.1, 0.15) is 88.2 Å². The Labute approximate surface area is 155 Å². The van der Waals surface area contributed by atoms with Crippen molar-refractivity contribution in [2.45, 2.75) is 83.2 Å². The highest BCUT2D eigenvalue weighted by atomic mass is 19.4. The van der Waals surface area contributed by atoms with Gasteiger partial charge in [-0.25, -0.2) is 0 Å². The number of hydrogen-bond acceptors (Lipinski definition) is 1. The van der Waals surface area contributed by atoms with E-state index in [2.05, 4.69) is 6.92 Å². The Morgan fingerprint density at radius 2 is 1.50 bits per heavy atom. The zero-order valence-electron chi connectivity index (χ0n) is 15.7. The van der Waals surface area contributed by atoms with Crippen molar-refractivity contribution in [2.75, 3.05) is 0 Å². The van der Waals surface area contributed by atoms with Crippen LogP contribution < -0.4 is 0 Å². The summed E-state index contributed by atoms with van der Waals surface area (Å²) in [6.45, 7) is 2.27. The molecule has 4 heteroatoms. The van der Waals surface area contributed by atoms with Crippen LogP contribution >= 0.6 is 0 Å². The monoisotopic (exact) mass is 368 g/mol. The molecule has 0 bridgehead atoms. The molecule has 2 aliphatic rings. The molecule has 2 saturated carbocycles. The van der Waals surface area contributed by atoms with Gasteiger partial charge in [0.05, 0.1) is 5.56 Å². The maximum Gasteiger partial charge on any atom is 0.419 e. The van der Waals surface area contributed by atoms with Crippen LogP contribution in [0.4, 0.5) is 13.2 Å². The van der Waals surface area contributed by atoms with Crippen molar-refractivity contribution in [1.29, 1.82) is 0 Å². The van der Waals surface area contributed by atoms with E-state index in [-0.39, 0.29) is 5.92 Å². The maximum absolute atomic E-state index is 12.8. The highest BCUT2D eigenvalue weighted by Crippen LogP contribution is 2.45. The van der Waals surface area contributed by atoms with Gasteiger partial charge in [-0.1, -0.05) is 38.7 Å². The van der Waals surface area contributed by atoms with Gasteiger partial charge in [0.2, 0.25) is 0 Å². The molecule has 0 aliphatic heterocycles.